The molecule has 22 heavy (non-hydrogen) atoms. The molecule has 1 aromatic carbocycles. The minimum absolute atomic E-state index is 0.0988. The Kier molecular flexibility index (Phi) is 4.27. The van der Waals surface area contributed by atoms with Gasteiger partial charge in [-0.25, -0.2) is 0 Å². The molecule has 4 nitrogen and oxygen atoms in total. The third-order valence-electron chi connectivity index (χ3n) is 4.49. The number of fused-ring (bicyclic) bond motifs is 1. The molecular weight excluding hydrogens is 276 g/mol. The maximum absolute atomic E-state index is 12.3. The van der Waals surface area contributed by atoms with E-state index in [1.807, 2.05) is 19.9 Å². The summed E-state index contributed by atoms with van der Waals surface area (Å²) in [6.07, 6.45) is 4.42. The van der Waals surface area contributed by atoms with E-state index in [0.717, 1.165) is 36.3 Å². The zero-order chi connectivity index (χ0) is 15.5. The minimum Gasteiger partial charge on any atom is -0.361 e. The van der Waals surface area contributed by atoms with Crippen LogP contribution in [-0.2, 0) is 17.6 Å². The molecule has 0 radical (unpaired) electrons. The lowest BCUT2D eigenvalue weighted by Crippen LogP contribution is -2.31. The molecule has 3 rings (SSSR count). The van der Waals surface area contributed by atoms with Gasteiger partial charge in [0.05, 0.1) is 11.7 Å². The molecule has 0 bridgehead atoms. The monoisotopic (exact) mass is 298 g/mol. The Morgan fingerprint density at radius 1 is 1.36 bits per heavy atom. The molecule has 1 atom stereocenters. The molecule has 0 unspecified atom stereocenters. The fourth-order valence-corrected chi connectivity index (χ4v) is 3.27. The van der Waals surface area contributed by atoms with Crippen LogP contribution in [0.2, 0.25) is 0 Å². The summed E-state index contributed by atoms with van der Waals surface area (Å²) in [5, 5.41) is 7.12. The lowest BCUT2D eigenvalue weighted by atomic mass is 9.87. The third-order valence-corrected chi connectivity index (χ3v) is 4.49. The van der Waals surface area contributed by atoms with Gasteiger partial charge in [0.2, 0.25) is 5.91 Å². The zero-order valence-electron chi connectivity index (χ0n) is 13.2. The molecule has 0 saturated carbocycles. The van der Waals surface area contributed by atoms with Crippen molar-refractivity contribution in [2.24, 2.45) is 0 Å². The van der Waals surface area contributed by atoms with Gasteiger partial charge in [-0.05, 0) is 50.7 Å². The number of hydrogen-bond donors (Lipinski definition) is 1. The van der Waals surface area contributed by atoms with Crippen LogP contribution in [0.1, 0.15) is 53.4 Å². The van der Waals surface area contributed by atoms with Gasteiger partial charge < -0.3 is 9.84 Å². The number of aryl methyl sites for hydroxylation is 3. The number of benzene rings is 1. The van der Waals surface area contributed by atoms with Crippen LogP contribution in [0.3, 0.4) is 0 Å². The molecular formula is C18H22N2O2. The molecule has 1 heterocycles. The van der Waals surface area contributed by atoms with Gasteiger partial charge in [0, 0.05) is 12.0 Å². The van der Waals surface area contributed by atoms with Crippen LogP contribution in [0.4, 0.5) is 0 Å². The highest BCUT2D eigenvalue weighted by Crippen LogP contribution is 2.29. The van der Waals surface area contributed by atoms with E-state index in [1.165, 1.54) is 11.1 Å². The van der Waals surface area contributed by atoms with Crippen LogP contribution in [0.5, 0.6) is 0 Å². The number of aromatic nitrogens is 1. The number of carbonyl (C=O) groups is 1. The van der Waals surface area contributed by atoms with Crippen molar-refractivity contribution in [3.05, 3.63) is 52.4 Å². The Balaban J connectivity index is 1.61. The predicted molar refractivity (Wildman–Crippen MR) is 84.6 cm³/mol. The largest absolute Gasteiger partial charge is 0.361 e. The molecule has 0 saturated heterocycles. The van der Waals surface area contributed by atoms with E-state index in [-0.39, 0.29) is 11.9 Å². The number of rotatable bonds is 4. The summed E-state index contributed by atoms with van der Waals surface area (Å²) >= 11 is 0. The standard InChI is InChI=1S/C18H22N2O2/c1-12-15(13(2)22-20-12)10-11-18(21)19-17-9-5-7-14-6-3-4-8-16(14)17/h3-4,6,8,17H,5,7,9-11H2,1-2H3,(H,19,21)/t17-/m1/s1. The highest BCUT2D eigenvalue weighted by Gasteiger charge is 2.21. The fourth-order valence-electron chi connectivity index (χ4n) is 3.27. The van der Waals surface area contributed by atoms with E-state index in [4.69, 9.17) is 4.52 Å². The molecule has 0 fully saturated rings. The zero-order valence-corrected chi connectivity index (χ0v) is 13.2. The quantitative estimate of drug-likeness (QED) is 0.941. The topological polar surface area (TPSA) is 55.1 Å². The van der Waals surface area contributed by atoms with Crippen molar-refractivity contribution < 1.29 is 9.32 Å². The Morgan fingerprint density at radius 3 is 2.95 bits per heavy atom. The molecule has 2 aromatic rings. The maximum Gasteiger partial charge on any atom is 0.220 e. The normalized spacial score (nSPS) is 17.1. The average Bonchev–Trinajstić information content (AvgIpc) is 2.84. The summed E-state index contributed by atoms with van der Waals surface area (Å²) in [5.74, 6) is 0.912. The van der Waals surface area contributed by atoms with Crippen LogP contribution in [0.15, 0.2) is 28.8 Å². The number of nitrogens with one attached hydrogen (secondary N) is 1. The second kappa shape index (κ2) is 6.34. The van der Waals surface area contributed by atoms with Crippen LogP contribution >= 0.6 is 0 Å². The fraction of sp³-hybridized carbons (Fsp3) is 0.444. The number of amides is 1. The van der Waals surface area contributed by atoms with E-state index in [0.29, 0.717) is 12.8 Å². The Hall–Kier alpha value is -2.10. The summed E-state index contributed by atoms with van der Waals surface area (Å²) in [5.41, 5.74) is 4.58. The van der Waals surface area contributed by atoms with Gasteiger partial charge in [0.15, 0.2) is 0 Å². The molecule has 1 amide bonds. The third kappa shape index (κ3) is 3.06. The summed E-state index contributed by atoms with van der Waals surface area (Å²) in [4.78, 5) is 12.3. The smallest absolute Gasteiger partial charge is 0.220 e. The first-order chi connectivity index (χ1) is 10.6. The van der Waals surface area contributed by atoms with Crippen molar-refractivity contribution in [1.82, 2.24) is 10.5 Å². The van der Waals surface area contributed by atoms with Gasteiger partial charge in [-0.1, -0.05) is 29.4 Å². The summed E-state index contributed by atoms with van der Waals surface area (Å²) in [6.45, 7) is 3.81. The van der Waals surface area contributed by atoms with Crippen molar-refractivity contribution in [1.29, 1.82) is 0 Å². The number of hydrogen-bond acceptors (Lipinski definition) is 3. The minimum atomic E-state index is 0.0988. The lowest BCUT2D eigenvalue weighted by molar-refractivity contribution is -0.121. The van der Waals surface area contributed by atoms with Crippen molar-refractivity contribution in [2.75, 3.05) is 0 Å². The first kappa shape index (κ1) is 14.8. The van der Waals surface area contributed by atoms with E-state index in [2.05, 4.69) is 28.7 Å². The Morgan fingerprint density at radius 2 is 2.18 bits per heavy atom. The Labute approximate surface area is 130 Å². The second-order valence-electron chi connectivity index (χ2n) is 6.01. The van der Waals surface area contributed by atoms with Crippen molar-refractivity contribution in [3.8, 4) is 0 Å². The molecule has 4 heteroatoms. The predicted octanol–water partition coefficient (Wildman–Crippen LogP) is 3.42. The summed E-state index contributed by atoms with van der Waals surface area (Å²) < 4.78 is 5.14. The highest BCUT2D eigenvalue weighted by molar-refractivity contribution is 5.76. The van der Waals surface area contributed by atoms with Gasteiger partial charge in [-0.2, -0.15) is 0 Å². The highest BCUT2D eigenvalue weighted by atomic mass is 16.5. The van der Waals surface area contributed by atoms with Crippen LogP contribution in [0, 0.1) is 13.8 Å². The molecule has 1 aliphatic rings. The maximum atomic E-state index is 12.3. The molecule has 116 valence electrons. The van der Waals surface area contributed by atoms with Crippen LogP contribution in [0.25, 0.3) is 0 Å². The molecule has 0 spiro atoms. The van der Waals surface area contributed by atoms with Crippen molar-refractivity contribution in [2.45, 2.75) is 52.0 Å². The molecule has 0 aliphatic heterocycles. The lowest BCUT2D eigenvalue weighted by Gasteiger charge is -2.26. The molecule has 1 aliphatic carbocycles. The van der Waals surface area contributed by atoms with E-state index < -0.39 is 0 Å². The summed E-state index contributed by atoms with van der Waals surface area (Å²) in [7, 11) is 0. The number of carbonyl (C=O) groups excluding carboxylic acids is 1. The van der Waals surface area contributed by atoms with Crippen molar-refractivity contribution in [3.63, 3.8) is 0 Å². The summed E-state index contributed by atoms with van der Waals surface area (Å²) in [6, 6.07) is 8.57. The molecule has 1 aromatic heterocycles. The Bertz CT molecular complexity index is 656. The van der Waals surface area contributed by atoms with Gasteiger partial charge in [0.1, 0.15) is 5.76 Å². The average molecular weight is 298 g/mol. The van der Waals surface area contributed by atoms with E-state index in [1.54, 1.807) is 0 Å². The van der Waals surface area contributed by atoms with Crippen LogP contribution in [-0.4, -0.2) is 11.1 Å². The SMILES string of the molecule is Cc1noc(C)c1CCC(=O)N[C@@H]1CCCc2ccccc21. The van der Waals surface area contributed by atoms with Gasteiger partial charge >= 0.3 is 0 Å². The van der Waals surface area contributed by atoms with Gasteiger partial charge in [-0.3, -0.25) is 4.79 Å². The van der Waals surface area contributed by atoms with E-state index >= 15 is 0 Å². The second-order valence-corrected chi connectivity index (χ2v) is 6.01. The van der Waals surface area contributed by atoms with Gasteiger partial charge in [0.25, 0.3) is 0 Å². The van der Waals surface area contributed by atoms with Crippen LogP contribution < -0.4 is 5.32 Å². The number of nitrogens with zero attached hydrogens (tertiary/aromatic N) is 1. The van der Waals surface area contributed by atoms with E-state index in [9.17, 15) is 4.79 Å². The first-order valence-electron chi connectivity index (χ1n) is 7.94. The molecule has 1 N–H and O–H groups in total. The first-order valence-corrected chi connectivity index (χ1v) is 7.94. The van der Waals surface area contributed by atoms with Gasteiger partial charge in [-0.15, -0.1) is 0 Å². The van der Waals surface area contributed by atoms with Crippen molar-refractivity contribution >= 4 is 5.91 Å².